The van der Waals surface area contributed by atoms with Gasteiger partial charge in [0, 0.05) is 0 Å². The number of hydrogen-bond acceptors (Lipinski definition) is 2. The highest BCUT2D eigenvalue weighted by molar-refractivity contribution is 9.10. The summed E-state index contributed by atoms with van der Waals surface area (Å²) in [5.74, 6) is 0.820. The van der Waals surface area contributed by atoms with E-state index in [9.17, 15) is 5.26 Å². The zero-order valence-electron chi connectivity index (χ0n) is 14.9. The van der Waals surface area contributed by atoms with Crippen molar-refractivity contribution < 1.29 is 4.74 Å². The summed E-state index contributed by atoms with van der Waals surface area (Å²) < 4.78 is 6.77. The number of allylic oxidation sites excluding steroid dienone is 1. The van der Waals surface area contributed by atoms with Gasteiger partial charge >= 0.3 is 0 Å². The van der Waals surface area contributed by atoms with Crippen molar-refractivity contribution in [1.82, 2.24) is 0 Å². The molecule has 26 heavy (non-hydrogen) atoms. The Labute approximate surface area is 162 Å². The van der Waals surface area contributed by atoms with Crippen molar-refractivity contribution in [3.8, 4) is 11.8 Å². The largest absolute Gasteiger partial charge is 0.490 e. The molecule has 3 rings (SSSR count). The number of rotatable bonds is 5. The summed E-state index contributed by atoms with van der Waals surface area (Å²) in [4.78, 5) is 0. The Kier molecular flexibility index (Phi) is 5.75. The van der Waals surface area contributed by atoms with E-state index in [4.69, 9.17) is 4.74 Å². The third-order valence-corrected chi connectivity index (χ3v) is 4.97. The maximum Gasteiger partial charge on any atom is 0.133 e. The summed E-state index contributed by atoms with van der Waals surface area (Å²) in [5, 5.41) is 11.9. The van der Waals surface area contributed by atoms with Crippen molar-refractivity contribution >= 4 is 38.4 Å². The topological polar surface area (TPSA) is 33.0 Å². The molecule has 0 heterocycles. The second-order valence-electron chi connectivity index (χ2n) is 6.26. The third kappa shape index (κ3) is 4.15. The van der Waals surface area contributed by atoms with Gasteiger partial charge in [0.05, 0.1) is 22.2 Å². The van der Waals surface area contributed by atoms with Crippen molar-refractivity contribution in [2.24, 2.45) is 0 Å². The second kappa shape index (κ2) is 8.21. The monoisotopic (exact) mass is 405 g/mol. The van der Waals surface area contributed by atoms with Crippen LogP contribution in [-0.4, -0.2) is 6.10 Å². The lowest BCUT2D eigenvalue weighted by Crippen LogP contribution is -2.09. The molecule has 0 aromatic heterocycles. The van der Waals surface area contributed by atoms with E-state index >= 15 is 0 Å². The number of hydrogen-bond donors (Lipinski definition) is 0. The molecule has 0 unspecified atom stereocenters. The fraction of sp³-hybridized carbons (Fsp3) is 0.174. The summed E-state index contributed by atoms with van der Waals surface area (Å²) in [5.41, 5.74) is 2.51. The van der Waals surface area contributed by atoms with Gasteiger partial charge in [0.15, 0.2) is 0 Å². The average Bonchev–Trinajstić information content (AvgIpc) is 2.67. The first kappa shape index (κ1) is 18.2. The Balaban J connectivity index is 1.93. The Morgan fingerprint density at radius 3 is 2.58 bits per heavy atom. The van der Waals surface area contributed by atoms with E-state index in [1.807, 2.05) is 49.4 Å². The molecule has 3 heteroatoms. The van der Waals surface area contributed by atoms with Crippen LogP contribution in [0.4, 0.5) is 0 Å². The summed E-state index contributed by atoms with van der Waals surface area (Å²) >= 11 is 3.57. The Morgan fingerprint density at radius 1 is 1.12 bits per heavy atom. The van der Waals surface area contributed by atoms with Gasteiger partial charge in [-0.15, -0.1) is 0 Å². The Morgan fingerprint density at radius 2 is 1.88 bits per heavy atom. The van der Waals surface area contributed by atoms with Crippen LogP contribution in [-0.2, 0) is 0 Å². The lowest BCUT2D eigenvalue weighted by Gasteiger charge is -2.14. The number of fused-ring (bicyclic) bond motifs is 1. The smallest absolute Gasteiger partial charge is 0.133 e. The average molecular weight is 406 g/mol. The predicted octanol–water partition coefficient (Wildman–Crippen LogP) is 6.84. The van der Waals surface area contributed by atoms with E-state index in [0.29, 0.717) is 5.57 Å². The molecule has 0 aliphatic heterocycles. The van der Waals surface area contributed by atoms with Gasteiger partial charge in [0.2, 0.25) is 0 Å². The lowest BCUT2D eigenvalue weighted by molar-refractivity contribution is 0.216. The zero-order chi connectivity index (χ0) is 18.5. The molecule has 0 aliphatic carbocycles. The van der Waals surface area contributed by atoms with Crippen molar-refractivity contribution in [3.63, 3.8) is 0 Å². The Hall–Kier alpha value is -2.57. The van der Waals surface area contributed by atoms with E-state index in [0.717, 1.165) is 33.2 Å². The molecular formula is C23H20BrNO. The summed E-state index contributed by atoms with van der Waals surface area (Å²) in [6, 6.07) is 22.5. The highest BCUT2D eigenvalue weighted by Gasteiger charge is 2.07. The molecule has 0 bridgehead atoms. The van der Waals surface area contributed by atoms with Crippen LogP contribution in [0.5, 0.6) is 5.75 Å². The van der Waals surface area contributed by atoms with Crippen molar-refractivity contribution in [2.75, 3.05) is 0 Å². The number of nitriles is 1. The van der Waals surface area contributed by atoms with Gasteiger partial charge < -0.3 is 4.74 Å². The van der Waals surface area contributed by atoms with Crippen LogP contribution in [0.2, 0.25) is 0 Å². The van der Waals surface area contributed by atoms with Crippen molar-refractivity contribution in [2.45, 2.75) is 26.4 Å². The zero-order valence-corrected chi connectivity index (χ0v) is 16.5. The molecule has 3 aromatic carbocycles. The van der Waals surface area contributed by atoms with E-state index in [2.05, 4.69) is 53.2 Å². The van der Waals surface area contributed by atoms with Crippen LogP contribution in [0.3, 0.4) is 0 Å². The fourth-order valence-corrected chi connectivity index (χ4v) is 3.20. The SMILES string of the molecule is CC[C@H](C)Oc1ccc(/C=C(/C#N)c2ccc3ccccc3c2)cc1Br. The number of nitrogens with zero attached hydrogens (tertiary/aromatic N) is 1. The molecule has 0 amide bonds. The molecule has 0 radical (unpaired) electrons. The normalized spacial score (nSPS) is 12.6. The summed E-state index contributed by atoms with van der Waals surface area (Å²) in [6.07, 6.45) is 3.02. The van der Waals surface area contributed by atoms with Crippen LogP contribution in [0.1, 0.15) is 31.4 Å². The van der Waals surface area contributed by atoms with Crippen LogP contribution in [0.25, 0.3) is 22.4 Å². The summed E-state index contributed by atoms with van der Waals surface area (Å²) in [7, 11) is 0. The summed E-state index contributed by atoms with van der Waals surface area (Å²) in [6.45, 7) is 4.15. The minimum absolute atomic E-state index is 0.167. The minimum Gasteiger partial charge on any atom is -0.490 e. The molecule has 1 atom stereocenters. The maximum absolute atomic E-state index is 9.63. The van der Waals surface area contributed by atoms with Crippen LogP contribution in [0.15, 0.2) is 65.1 Å². The second-order valence-corrected chi connectivity index (χ2v) is 7.11. The molecule has 3 aromatic rings. The Bertz CT molecular complexity index is 1000. The molecule has 0 saturated carbocycles. The highest BCUT2D eigenvalue weighted by atomic mass is 79.9. The van der Waals surface area contributed by atoms with Crippen LogP contribution < -0.4 is 4.74 Å². The van der Waals surface area contributed by atoms with Crippen LogP contribution >= 0.6 is 15.9 Å². The van der Waals surface area contributed by atoms with E-state index in [1.165, 1.54) is 5.39 Å². The van der Waals surface area contributed by atoms with Gasteiger partial charge in [-0.1, -0.05) is 49.4 Å². The molecule has 0 spiro atoms. The van der Waals surface area contributed by atoms with Gasteiger partial charge in [-0.3, -0.25) is 0 Å². The first-order valence-corrected chi connectivity index (χ1v) is 9.47. The number of ether oxygens (including phenoxy) is 1. The van der Waals surface area contributed by atoms with Crippen LogP contribution in [0, 0.1) is 11.3 Å². The molecular weight excluding hydrogens is 386 g/mol. The van der Waals surface area contributed by atoms with E-state index < -0.39 is 0 Å². The van der Waals surface area contributed by atoms with E-state index in [-0.39, 0.29) is 6.10 Å². The van der Waals surface area contributed by atoms with Gasteiger partial charge in [-0.25, -0.2) is 0 Å². The molecule has 2 nitrogen and oxygen atoms in total. The lowest BCUT2D eigenvalue weighted by atomic mass is 10.0. The highest BCUT2D eigenvalue weighted by Crippen LogP contribution is 2.29. The predicted molar refractivity (Wildman–Crippen MR) is 112 cm³/mol. The van der Waals surface area contributed by atoms with Gasteiger partial charge in [-0.05, 0) is 75.4 Å². The molecule has 130 valence electrons. The van der Waals surface area contributed by atoms with Crippen molar-refractivity contribution in [3.05, 3.63) is 76.3 Å². The van der Waals surface area contributed by atoms with Gasteiger partial charge in [0.1, 0.15) is 5.75 Å². The quantitative estimate of drug-likeness (QED) is 0.343. The van der Waals surface area contributed by atoms with Gasteiger partial charge in [0.25, 0.3) is 0 Å². The van der Waals surface area contributed by atoms with E-state index in [1.54, 1.807) is 0 Å². The number of halogens is 1. The molecule has 0 saturated heterocycles. The minimum atomic E-state index is 0.167. The van der Waals surface area contributed by atoms with Gasteiger partial charge in [-0.2, -0.15) is 5.26 Å². The third-order valence-electron chi connectivity index (χ3n) is 4.35. The fourth-order valence-electron chi connectivity index (χ4n) is 2.71. The first-order chi connectivity index (χ1) is 12.6. The number of benzene rings is 3. The first-order valence-electron chi connectivity index (χ1n) is 8.68. The van der Waals surface area contributed by atoms with Crippen molar-refractivity contribution in [1.29, 1.82) is 5.26 Å². The molecule has 0 N–H and O–H groups in total. The standard InChI is InChI=1S/C23H20BrNO/c1-3-16(2)26-23-11-8-17(13-22(23)24)12-21(15-25)20-10-9-18-6-4-5-7-19(18)14-20/h4-14,16H,3H2,1-2H3/b21-12-/t16-/m0/s1. The maximum atomic E-state index is 9.63. The molecule has 0 aliphatic rings. The molecule has 0 fully saturated rings.